The van der Waals surface area contributed by atoms with E-state index in [1.165, 1.54) is 12.3 Å². The fourth-order valence-corrected chi connectivity index (χ4v) is 1.71. The van der Waals surface area contributed by atoms with Gasteiger partial charge in [0.15, 0.2) is 0 Å². The Morgan fingerprint density at radius 3 is 2.72 bits per heavy atom. The number of carbonyl (C=O) groups excluding carboxylic acids is 1. The minimum Gasteiger partial charge on any atom is -0.462 e. The summed E-state index contributed by atoms with van der Waals surface area (Å²) in [6.07, 6.45) is -3.01. The molecule has 1 aromatic heterocycles. The smallest absolute Gasteiger partial charge is 0.416 e. The Morgan fingerprint density at radius 2 is 2.11 bits per heavy atom. The van der Waals surface area contributed by atoms with Crippen LogP contribution < -0.4 is 0 Å². The van der Waals surface area contributed by atoms with Gasteiger partial charge in [0.1, 0.15) is 0 Å². The van der Waals surface area contributed by atoms with Crippen LogP contribution in [0.5, 0.6) is 0 Å². The van der Waals surface area contributed by atoms with Crippen LogP contribution in [0.1, 0.15) is 22.8 Å². The molecule has 0 aliphatic rings. The van der Waals surface area contributed by atoms with E-state index in [0.29, 0.717) is 10.9 Å². The highest BCUT2D eigenvalue weighted by atomic mass is 19.4. The van der Waals surface area contributed by atoms with Crippen molar-refractivity contribution in [1.82, 2.24) is 4.98 Å². The van der Waals surface area contributed by atoms with Crippen LogP contribution in [0.25, 0.3) is 10.9 Å². The number of hydrogen-bond donors (Lipinski definition) is 1. The Hall–Kier alpha value is -1.98. The van der Waals surface area contributed by atoms with Gasteiger partial charge in [-0.25, -0.2) is 4.79 Å². The van der Waals surface area contributed by atoms with E-state index in [1.54, 1.807) is 6.92 Å². The van der Waals surface area contributed by atoms with Gasteiger partial charge >= 0.3 is 12.1 Å². The van der Waals surface area contributed by atoms with Gasteiger partial charge in [0.25, 0.3) is 0 Å². The van der Waals surface area contributed by atoms with Gasteiger partial charge in [-0.1, -0.05) is 0 Å². The molecule has 0 bridgehead atoms. The molecule has 1 N–H and O–H groups in total. The third-order valence-corrected chi connectivity index (χ3v) is 2.48. The van der Waals surface area contributed by atoms with Crippen LogP contribution in [0.2, 0.25) is 0 Å². The average molecular weight is 257 g/mol. The van der Waals surface area contributed by atoms with Crippen molar-refractivity contribution in [3.63, 3.8) is 0 Å². The number of ether oxygens (including phenoxy) is 1. The van der Waals surface area contributed by atoms with Crippen molar-refractivity contribution in [2.75, 3.05) is 6.61 Å². The molecule has 18 heavy (non-hydrogen) atoms. The molecule has 0 aliphatic heterocycles. The maximum Gasteiger partial charge on any atom is 0.416 e. The topological polar surface area (TPSA) is 42.1 Å². The maximum absolute atomic E-state index is 12.7. The van der Waals surface area contributed by atoms with Gasteiger partial charge in [-0.15, -0.1) is 0 Å². The molecule has 0 amide bonds. The van der Waals surface area contributed by atoms with E-state index in [2.05, 4.69) is 4.98 Å². The van der Waals surface area contributed by atoms with Crippen LogP contribution in [-0.2, 0) is 10.9 Å². The molecular formula is C12H10F3NO2. The van der Waals surface area contributed by atoms with Gasteiger partial charge in [-0.05, 0) is 25.1 Å². The Kier molecular flexibility index (Phi) is 3.02. The van der Waals surface area contributed by atoms with Gasteiger partial charge in [0.2, 0.25) is 0 Å². The monoisotopic (exact) mass is 257 g/mol. The van der Waals surface area contributed by atoms with Crippen molar-refractivity contribution in [1.29, 1.82) is 0 Å². The van der Waals surface area contributed by atoms with Gasteiger partial charge in [-0.2, -0.15) is 13.2 Å². The summed E-state index contributed by atoms with van der Waals surface area (Å²) in [4.78, 5) is 14.4. The molecule has 0 spiro atoms. The third kappa shape index (κ3) is 2.18. The fraction of sp³-hybridized carbons (Fsp3) is 0.250. The number of hydrogen-bond acceptors (Lipinski definition) is 2. The van der Waals surface area contributed by atoms with Crippen molar-refractivity contribution >= 4 is 16.9 Å². The van der Waals surface area contributed by atoms with Crippen molar-refractivity contribution < 1.29 is 22.7 Å². The second-order valence-corrected chi connectivity index (χ2v) is 3.68. The summed E-state index contributed by atoms with van der Waals surface area (Å²) in [7, 11) is 0. The summed E-state index contributed by atoms with van der Waals surface area (Å²) in [5.41, 5.74) is -0.620. The number of aromatic nitrogens is 1. The van der Waals surface area contributed by atoms with Crippen LogP contribution in [0.15, 0.2) is 24.4 Å². The molecule has 2 rings (SSSR count). The lowest BCUT2D eigenvalue weighted by atomic mass is 10.1. The number of rotatable bonds is 2. The molecule has 2 aromatic rings. The van der Waals surface area contributed by atoms with Crippen molar-refractivity contribution in [3.8, 4) is 0 Å². The Morgan fingerprint density at radius 1 is 1.39 bits per heavy atom. The molecular weight excluding hydrogens is 247 g/mol. The minimum absolute atomic E-state index is 0.105. The normalized spacial score (nSPS) is 11.8. The predicted molar refractivity (Wildman–Crippen MR) is 59.3 cm³/mol. The Balaban J connectivity index is 2.62. The highest BCUT2D eigenvalue weighted by Crippen LogP contribution is 2.33. The second kappa shape index (κ2) is 4.36. The number of nitrogens with one attached hydrogen (secondary N) is 1. The number of esters is 1. The van der Waals surface area contributed by atoms with Gasteiger partial charge in [0, 0.05) is 11.6 Å². The van der Waals surface area contributed by atoms with E-state index < -0.39 is 17.7 Å². The Labute approximate surface area is 101 Å². The zero-order valence-electron chi connectivity index (χ0n) is 9.47. The molecule has 0 aliphatic carbocycles. The first-order valence-electron chi connectivity index (χ1n) is 5.29. The van der Waals surface area contributed by atoms with Crippen LogP contribution in [0.4, 0.5) is 13.2 Å². The van der Waals surface area contributed by atoms with Crippen LogP contribution in [-0.4, -0.2) is 17.6 Å². The van der Waals surface area contributed by atoms with Crippen LogP contribution in [0, 0.1) is 0 Å². The second-order valence-electron chi connectivity index (χ2n) is 3.68. The van der Waals surface area contributed by atoms with E-state index in [0.717, 1.165) is 12.1 Å². The summed E-state index contributed by atoms with van der Waals surface area (Å²) in [6.45, 7) is 1.70. The molecule has 0 fully saturated rings. The molecule has 0 unspecified atom stereocenters. The number of fused-ring (bicyclic) bond motifs is 1. The predicted octanol–water partition coefficient (Wildman–Crippen LogP) is 3.36. The molecule has 0 saturated heterocycles. The average Bonchev–Trinajstić information content (AvgIpc) is 2.74. The summed E-state index contributed by atoms with van der Waals surface area (Å²) in [5, 5.41) is 0.327. The van der Waals surface area contributed by atoms with Crippen LogP contribution in [0.3, 0.4) is 0 Å². The first kappa shape index (κ1) is 12.5. The van der Waals surface area contributed by atoms with Gasteiger partial charge < -0.3 is 9.72 Å². The van der Waals surface area contributed by atoms with Crippen LogP contribution >= 0.6 is 0 Å². The zero-order chi connectivity index (χ0) is 13.3. The number of halogens is 3. The van der Waals surface area contributed by atoms with Gasteiger partial charge in [0.05, 0.1) is 23.3 Å². The van der Waals surface area contributed by atoms with E-state index in [1.807, 2.05) is 0 Å². The molecule has 3 nitrogen and oxygen atoms in total. The molecule has 1 aromatic carbocycles. The van der Waals surface area contributed by atoms with E-state index in [-0.39, 0.29) is 12.2 Å². The third-order valence-electron chi connectivity index (χ3n) is 2.48. The number of benzene rings is 1. The standard InChI is InChI=1S/C12H10F3NO2/c1-2-18-11(17)9-6-8(12(13,14)15)5-7-3-4-16-10(7)9/h3-6,16H,2H2,1H3. The first-order chi connectivity index (χ1) is 8.43. The number of aromatic amines is 1. The lowest BCUT2D eigenvalue weighted by Gasteiger charge is -2.10. The molecule has 0 atom stereocenters. The molecule has 6 heteroatoms. The zero-order valence-corrected chi connectivity index (χ0v) is 9.47. The number of alkyl halides is 3. The Bertz CT molecular complexity index is 587. The highest BCUT2D eigenvalue weighted by Gasteiger charge is 2.32. The number of carbonyl (C=O) groups is 1. The van der Waals surface area contributed by atoms with E-state index in [9.17, 15) is 18.0 Å². The summed E-state index contributed by atoms with van der Waals surface area (Å²) in [6, 6.07) is 3.28. The SMILES string of the molecule is CCOC(=O)c1cc(C(F)(F)F)cc2cc[nH]c12. The van der Waals surface area contributed by atoms with Crippen molar-refractivity contribution in [3.05, 3.63) is 35.5 Å². The largest absolute Gasteiger partial charge is 0.462 e. The highest BCUT2D eigenvalue weighted by molar-refractivity contribution is 6.03. The van der Waals surface area contributed by atoms with Crippen molar-refractivity contribution in [2.24, 2.45) is 0 Å². The minimum atomic E-state index is -4.49. The lowest BCUT2D eigenvalue weighted by molar-refractivity contribution is -0.137. The summed E-state index contributed by atoms with van der Waals surface area (Å²) in [5.74, 6) is -0.768. The lowest BCUT2D eigenvalue weighted by Crippen LogP contribution is -2.10. The van der Waals surface area contributed by atoms with Crippen molar-refractivity contribution in [2.45, 2.75) is 13.1 Å². The summed E-state index contributed by atoms with van der Waals surface area (Å²) < 4.78 is 42.8. The summed E-state index contributed by atoms with van der Waals surface area (Å²) >= 11 is 0. The van der Waals surface area contributed by atoms with E-state index in [4.69, 9.17) is 4.74 Å². The molecule has 0 saturated carbocycles. The molecule has 0 radical (unpaired) electrons. The quantitative estimate of drug-likeness (QED) is 0.838. The fourth-order valence-electron chi connectivity index (χ4n) is 1.71. The molecule has 1 heterocycles. The molecule has 96 valence electrons. The number of H-pyrrole nitrogens is 1. The van der Waals surface area contributed by atoms with E-state index >= 15 is 0 Å². The first-order valence-corrected chi connectivity index (χ1v) is 5.29. The maximum atomic E-state index is 12.7. The van der Waals surface area contributed by atoms with Gasteiger partial charge in [-0.3, -0.25) is 0 Å².